The third-order valence-corrected chi connectivity index (χ3v) is 5.06. The monoisotopic (exact) mass is 437 g/mol. The van der Waals surface area contributed by atoms with Gasteiger partial charge in [0.25, 0.3) is 11.1 Å². The van der Waals surface area contributed by atoms with Crippen molar-refractivity contribution in [2.24, 2.45) is 0 Å². The van der Waals surface area contributed by atoms with Crippen LogP contribution in [-0.2, 0) is 4.79 Å². The predicted octanol–water partition coefficient (Wildman–Crippen LogP) is 5.56. The Balaban J connectivity index is 1.54. The molecule has 2 aromatic carbocycles. The summed E-state index contributed by atoms with van der Waals surface area (Å²) >= 11 is 13.1. The first kappa shape index (κ1) is 20.5. The lowest BCUT2D eigenvalue weighted by Gasteiger charge is -2.12. The van der Waals surface area contributed by atoms with Gasteiger partial charge >= 0.3 is 0 Å². The molecule has 1 amide bonds. The fraction of sp³-hybridized carbons (Fsp3) is 0.211. The molecular formula is C19H17Cl2N3O3S. The van der Waals surface area contributed by atoms with E-state index in [4.69, 9.17) is 32.4 Å². The first-order chi connectivity index (χ1) is 13.4. The molecular weight excluding hydrogens is 421 g/mol. The van der Waals surface area contributed by atoms with Gasteiger partial charge in [-0.2, -0.15) is 0 Å². The Morgan fingerprint density at radius 3 is 2.79 bits per heavy atom. The Hall–Kier alpha value is -2.22. The van der Waals surface area contributed by atoms with Gasteiger partial charge in [0.2, 0.25) is 5.91 Å². The molecule has 0 fully saturated rings. The second-order valence-electron chi connectivity index (χ2n) is 5.89. The molecule has 0 aliphatic carbocycles. The second kappa shape index (κ2) is 9.32. The number of amides is 1. The van der Waals surface area contributed by atoms with Crippen molar-refractivity contribution in [1.29, 1.82) is 0 Å². The van der Waals surface area contributed by atoms with Crippen molar-refractivity contribution in [2.45, 2.75) is 25.2 Å². The third kappa shape index (κ3) is 5.41. The number of nitrogens with zero attached hydrogens (tertiary/aromatic N) is 2. The lowest BCUT2D eigenvalue weighted by Crippen LogP contribution is -2.14. The van der Waals surface area contributed by atoms with Crippen LogP contribution in [0.3, 0.4) is 0 Å². The number of aryl methyl sites for hydroxylation is 1. The zero-order valence-electron chi connectivity index (χ0n) is 15.1. The highest BCUT2D eigenvalue weighted by atomic mass is 35.5. The van der Waals surface area contributed by atoms with Crippen molar-refractivity contribution >= 4 is 46.6 Å². The molecule has 1 atom stereocenters. The van der Waals surface area contributed by atoms with Gasteiger partial charge < -0.3 is 14.5 Å². The van der Waals surface area contributed by atoms with Gasteiger partial charge in [0, 0.05) is 10.7 Å². The fourth-order valence-electron chi connectivity index (χ4n) is 2.28. The van der Waals surface area contributed by atoms with Gasteiger partial charge in [0.15, 0.2) is 6.10 Å². The van der Waals surface area contributed by atoms with Crippen LogP contribution in [0, 0.1) is 6.92 Å². The van der Waals surface area contributed by atoms with Crippen molar-refractivity contribution < 1.29 is 13.9 Å². The minimum Gasteiger partial charge on any atom is -0.479 e. The van der Waals surface area contributed by atoms with Gasteiger partial charge in [-0.05, 0) is 43.7 Å². The number of thioether (sulfide) groups is 1. The fourth-order valence-corrected chi connectivity index (χ4v) is 3.30. The number of hydrogen-bond acceptors (Lipinski definition) is 6. The number of benzene rings is 2. The SMILES string of the molecule is Cc1ccccc1NC(=O)CSc1nnc([C@H](C)Oc2ccc(Cl)cc2Cl)o1. The average molecular weight is 438 g/mol. The van der Waals surface area contributed by atoms with Crippen molar-refractivity contribution in [3.05, 3.63) is 64.0 Å². The zero-order valence-corrected chi connectivity index (χ0v) is 17.4. The van der Waals surface area contributed by atoms with Crippen LogP contribution in [0.2, 0.25) is 10.0 Å². The van der Waals surface area contributed by atoms with E-state index in [1.807, 2.05) is 31.2 Å². The molecule has 3 rings (SSSR count). The third-order valence-electron chi connectivity index (χ3n) is 3.71. The topological polar surface area (TPSA) is 77.2 Å². The largest absolute Gasteiger partial charge is 0.479 e. The lowest BCUT2D eigenvalue weighted by atomic mass is 10.2. The summed E-state index contributed by atoms with van der Waals surface area (Å²) in [7, 11) is 0. The first-order valence-corrected chi connectivity index (χ1v) is 10.1. The summed E-state index contributed by atoms with van der Waals surface area (Å²) in [5.41, 5.74) is 1.77. The van der Waals surface area contributed by atoms with E-state index >= 15 is 0 Å². The number of aromatic nitrogens is 2. The molecule has 0 saturated carbocycles. The number of ether oxygens (including phenoxy) is 1. The Kier molecular flexibility index (Phi) is 6.83. The maximum Gasteiger partial charge on any atom is 0.277 e. The molecule has 0 radical (unpaired) electrons. The van der Waals surface area contributed by atoms with Crippen molar-refractivity contribution in [1.82, 2.24) is 10.2 Å². The molecule has 146 valence electrons. The number of carbonyl (C=O) groups is 1. The van der Waals surface area contributed by atoms with Gasteiger partial charge in [-0.3, -0.25) is 4.79 Å². The summed E-state index contributed by atoms with van der Waals surface area (Å²) in [6, 6.07) is 12.5. The van der Waals surface area contributed by atoms with E-state index in [0.717, 1.165) is 23.0 Å². The summed E-state index contributed by atoms with van der Waals surface area (Å²) in [5, 5.41) is 12.0. The van der Waals surface area contributed by atoms with Crippen LogP contribution in [0.15, 0.2) is 52.1 Å². The molecule has 0 saturated heterocycles. The maximum absolute atomic E-state index is 12.1. The van der Waals surface area contributed by atoms with Crippen LogP contribution < -0.4 is 10.1 Å². The Morgan fingerprint density at radius 2 is 2.04 bits per heavy atom. The number of halogens is 2. The van der Waals surface area contributed by atoms with E-state index in [-0.39, 0.29) is 22.8 Å². The summed E-state index contributed by atoms with van der Waals surface area (Å²) in [4.78, 5) is 12.1. The lowest BCUT2D eigenvalue weighted by molar-refractivity contribution is -0.113. The Labute approximate surface area is 176 Å². The maximum atomic E-state index is 12.1. The summed E-state index contributed by atoms with van der Waals surface area (Å²) in [6.07, 6.45) is -0.513. The standard InChI is InChI=1S/C19H17Cl2N3O3S/c1-11-5-3-4-6-15(11)22-17(25)10-28-19-24-23-18(27-19)12(2)26-16-8-7-13(20)9-14(16)21/h3-9,12H,10H2,1-2H3,(H,22,25)/t12-/m0/s1. The molecule has 0 bridgehead atoms. The van der Waals surface area contributed by atoms with Gasteiger partial charge in [-0.25, -0.2) is 0 Å². The molecule has 6 nitrogen and oxygen atoms in total. The zero-order chi connectivity index (χ0) is 20.1. The first-order valence-electron chi connectivity index (χ1n) is 8.36. The van der Waals surface area contributed by atoms with E-state index in [2.05, 4.69) is 15.5 Å². The molecule has 0 spiro atoms. The number of rotatable bonds is 7. The van der Waals surface area contributed by atoms with E-state index in [1.54, 1.807) is 25.1 Å². The minimum absolute atomic E-state index is 0.147. The number of anilines is 1. The smallest absolute Gasteiger partial charge is 0.277 e. The highest BCUT2D eigenvalue weighted by Gasteiger charge is 2.18. The van der Waals surface area contributed by atoms with Crippen molar-refractivity contribution in [3.63, 3.8) is 0 Å². The molecule has 0 aliphatic rings. The number of nitrogens with one attached hydrogen (secondary N) is 1. The quantitative estimate of drug-likeness (QED) is 0.487. The normalized spacial score (nSPS) is 11.9. The Bertz CT molecular complexity index is 981. The molecule has 9 heteroatoms. The molecule has 1 aromatic heterocycles. The van der Waals surface area contributed by atoms with Crippen LogP contribution in [0.1, 0.15) is 24.5 Å². The summed E-state index contributed by atoms with van der Waals surface area (Å²) in [5.74, 6) is 0.738. The highest BCUT2D eigenvalue weighted by Crippen LogP contribution is 2.31. The number of hydrogen-bond donors (Lipinski definition) is 1. The van der Waals surface area contributed by atoms with Crippen molar-refractivity contribution in [3.8, 4) is 5.75 Å². The summed E-state index contributed by atoms with van der Waals surface area (Å²) in [6.45, 7) is 3.69. The van der Waals surface area contributed by atoms with Gasteiger partial charge in [-0.15, -0.1) is 10.2 Å². The molecule has 1 heterocycles. The molecule has 1 N–H and O–H groups in total. The molecule has 3 aromatic rings. The highest BCUT2D eigenvalue weighted by molar-refractivity contribution is 7.99. The van der Waals surface area contributed by atoms with Crippen LogP contribution in [0.4, 0.5) is 5.69 Å². The van der Waals surface area contributed by atoms with Crippen LogP contribution in [0.5, 0.6) is 5.75 Å². The average Bonchev–Trinajstić information content (AvgIpc) is 3.13. The molecule has 28 heavy (non-hydrogen) atoms. The summed E-state index contributed by atoms with van der Waals surface area (Å²) < 4.78 is 11.3. The van der Waals surface area contributed by atoms with E-state index in [9.17, 15) is 4.79 Å². The minimum atomic E-state index is -0.513. The van der Waals surface area contributed by atoms with Crippen LogP contribution >= 0.6 is 35.0 Å². The number of para-hydroxylation sites is 1. The van der Waals surface area contributed by atoms with Crippen LogP contribution in [0.25, 0.3) is 0 Å². The van der Waals surface area contributed by atoms with E-state index < -0.39 is 6.10 Å². The predicted molar refractivity (Wildman–Crippen MR) is 110 cm³/mol. The van der Waals surface area contributed by atoms with Gasteiger partial charge in [-0.1, -0.05) is 53.2 Å². The van der Waals surface area contributed by atoms with E-state index in [0.29, 0.717) is 15.8 Å². The Morgan fingerprint density at radius 1 is 1.25 bits per heavy atom. The van der Waals surface area contributed by atoms with Crippen molar-refractivity contribution in [2.75, 3.05) is 11.1 Å². The van der Waals surface area contributed by atoms with Gasteiger partial charge in [0.1, 0.15) is 5.75 Å². The van der Waals surface area contributed by atoms with Crippen LogP contribution in [-0.4, -0.2) is 21.9 Å². The second-order valence-corrected chi connectivity index (χ2v) is 7.66. The molecule has 0 unspecified atom stereocenters. The number of carbonyl (C=O) groups excluding carboxylic acids is 1. The van der Waals surface area contributed by atoms with E-state index in [1.165, 1.54) is 0 Å². The van der Waals surface area contributed by atoms with Gasteiger partial charge in [0.05, 0.1) is 10.8 Å². The molecule has 0 aliphatic heterocycles.